The van der Waals surface area contributed by atoms with E-state index in [0.29, 0.717) is 0 Å². The Hall–Kier alpha value is -1.02. The largest absolute Gasteiger partial charge is 0.462 e. The van der Waals surface area contributed by atoms with Crippen molar-refractivity contribution in [3.8, 4) is 0 Å². The van der Waals surface area contributed by atoms with Gasteiger partial charge in [0.25, 0.3) is 0 Å². The van der Waals surface area contributed by atoms with E-state index in [2.05, 4.69) is 0 Å². The number of hydrogen-bond acceptors (Lipinski definition) is 2. The van der Waals surface area contributed by atoms with Gasteiger partial charge in [0, 0.05) is 0 Å². The summed E-state index contributed by atoms with van der Waals surface area (Å²) >= 11 is 0. The van der Waals surface area contributed by atoms with Crippen LogP contribution in [0.5, 0.6) is 0 Å². The van der Waals surface area contributed by atoms with E-state index in [1.165, 1.54) is 0 Å². The summed E-state index contributed by atoms with van der Waals surface area (Å²) in [6.45, 7) is 5.51. The van der Waals surface area contributed by atoms with Crippen LogP contribution in [-0.4, -0.2) is 11.2 Å². The number of hydrogen-bond donors (Lipinski definition) is 1. The lowest BCUT2D eigenvalue weighted by Crippen LogP contribution is -1.99. The third kappa shape index (κ3) is 2.24. The van der Waals surface area contributed by atoms with Crippen molar-refractivity contribution in [2.45, 2.75) is 26.9 Å². The molecular weight excluding hydrogens is 152 g/mol. The van der Waals surface area contributed by atoms with Crippen LogP contribution < -0.4 is 0 Å². The van der Waals surface area contributed by atoms with Crippen LogP contribution in [0.4, 0.5) is 0 Å². The van der Waals surface area contributed by atoms with E-state index in [1.807, 2.05) is 32.1 Å². The molecule has 0 saturated carbocycles. The Morgan fingerprint density at radius 3 is 2.67 bits per heavy atom. The van der Waals surface area contributed by atoms with E-state index in [1.54, 1.807) is 6.92 Å². The number of aryl methyl sites for hydroxylation is 1. The van der Waals surface area contributed by atoms with Crippen molar-refractivity contribution in [1.29, 1.82) is 0 Å². The van der Waals surface area contributed by atoms with Crippen molar-refractivity contribution in [3.63, 3.8) is 0 Å². The maximum Gasteiger partial charge on any atom is 0.127 e. The molecule has 0 fully saturated rings. The first kappa shape index (κ1) is 9.07. The molecule has 66 valence electrons. The Bertz CT molecular complexity index is 282. The molecule has 1 rings (SSSR count). The van der Waals surface area contributed by atoms with Gasteiger partial charge in [-0.2, -0.15) is 0 Å². The highest BCUT2D eigenvalue weighted by Crippen LogP contribution is 2.12. The Kier molecular flexibility index (Phi) is 2.71. The van der Waals surface area contributed by atoms with Crippen molar-refractivity contribution in [2.75, 3.05) is 0 Å². The van der Waals surface area contributed by atoms with Gasteiger partial charge in [-0.25, -0.2) is 0 Å². The maximum absolute atomic E-state index is 9.18. The van der Waals surface area contributed by atoms with E-state index >= 15 is 0 Å². The van der Waals surface area contributed by atoms with Gasteiger partial charge in [-0.1, -0.05) is 0 Å². The van der Waals surface area contributed by atoms with Crippen molar-refractivity contribution in [3.05, 3.63) is 29.2 Å². The van der Waals surface area contributed by atoms with Crippen LogP contribution in [0.2, 0.25) is 0 Å². The highest BCUT2D eigenvalue weighted by molar-refractivity contribution is 5.47. The predicted octanol–water partition coefficient (Wildman–Crippen LogP) is 2.37. The molecular formula is C10H14O2. The lowest BCUT2D eigenvalue weighted by Gasteiger charge is -2.01. The molecule has 2 heteroatoms. The quantitative estimate of drug-likeness (QED) is 0.731. The second-order valence-electron chi connectivity index (χ2n) is 3.01. The lowest BCUT2D eigenvalue weighted by molar-refractivity contribution is 0.232. The summed E-state index contributed by atoms with van der Waals surface area (Å²) in [6, 6.07) is 3.79. The van der Waals surface area contributed by atoms with Crippen molar-refractivity contribution < 1.29 is 9.52 Å². The van der Waals surface area contributed by atoms with E-state index in [0.717, 1.165) is 17.1 Å². The minimum atomic E-state index is -0.407. The standard InChI is InChI=1S/C10H14O2/c1-7(9(3)11)6-10-5-4-8(2)12-10/h4-6,9,11H,1-3H3/b7-6+. The predicted molar refractivity (Wildman–Crippen MR) is 48.8 cm³/mol. The van der Waals surface area contributed by atoms with Crippen LogP contribution in [0.3, 0.4) is 0 Å². The molecule has 0 spiro atoms. The first-order chi connectivity index (χ1) is 5.59. The summed E-state index contributed by atoms with van der Waals surface area (Å²) in [7, 11) is 0. The molecule has 0 amide bonds. The smallest absolute Gasteiger partial charge is 0.127 e. The van der Waals surface area contributed by atoms with Gasteiger partial charge in [0.2, 0.25) is 0 Å². The first-order valence-electron chi connectivity index (χ1n) is 4.02. The molecule has 1 aromatic heterocycles. The summed E-state index contributed by atoms with van der Waals surface area (Å²) in [6.07, 6.45) is 1.44. The lowest BCUT2D eigenvalue weighted by atomic mass is 10.2. The molecule has 12 heavy (non-hydrogen) atoms. The van der Waals surface area contributed by atoms with Gasteiger partial charge in [-0.15, -0.1) is 0 Å². The van der Waals surface area contributed by atoms with Gasteiger partial charge in [0.1, 0.15) is 11.5 Å². The van der Waals surface area contributed by atoms with Crippen molar-refractivity contribution >= 4 is 6.08 Å². The van der Waals surface area contributed by atoms with Gasteiger partial charge >= 0.3 is 0 Å². The topological polar surface area (TPSA) is 33.4 Å². The van der Waals surface area contributed by atoms with Gasteiger partial charge in [-0.3, -0.25) is 0 Å². The zero-order valence-electron chi connectivity index (χ0n) is 7.66. The highest BCUT2D eigenvalue weighted by atomic mass is 16.3. The van der Waals surface area contributed by atoms with Gasteiger partial charge in [0.05, 0.1) is 6.10 Å². The SMILES string of the molecule is C/C(=C\c1ccc(C)o1)C(C)O. The number of aliphatic hydroxyl groups excluding tert-OH is 1. The molecule has 0 aliphatic rings. The van der Waals surface area contributed by atoms with Crippen molar-refractivity contribution in [2.24, 2.45) is 0 Å². The Morgan fingerprint density at radius 2 is 2.25 bits per heavy atom. The average Bonchev–Trinajstić information content (AvgIpc) is 2.35. The maximum atomic E-state index is 9.18. The summed E-state index contributed by atoms with van der Waals surface area (Å²) in [4.78, 5) is 0. The Labute approximate surface area is 72.5 Å². The summed E-state index contributed by atoms with van der Waals surface area (Å²) < 4.78 is 5.32. The van der Waals surface area contributed by atoms with Gasteiger partial charge in [0.15, 0.2) is 0 Å². The van der Waals surface area contributed by atoms with E-state index in [9.17, 15) is 5.11 Å². The minimum absolute atomic E-state index is 0.407. The molecule has 0 radical (unpaired) electrons. The van der Waals surface area contributed by atoms with E-state index in [4.69, 9.17) is 4.42 Å². The molecule has 1 unspecified atom stereocenters. The van der Waals surface area contributed by atoms with E-state index in [-0.39, 0.29) is 0 Å². The molecule has 0 bridgehead atoms. The zero-order chi connectivity index (χ0) is 9.14. The third-order valence-electron chi connectivity index (χ3n) is 1.79. The molecule has 0 saturated heterocycles. The first-order valence-corrected chi connectivity index (χ1v) is 4.02. The second-order valence-corrected chi connectivity index (χ2v) is 3.01. The van der Waals surface area contributed by atoms with E-state index < -0.39 is 6.10 Å². The minimum Gasteiger partial charge on any atom is -0.462 e. The second kappa shape index (κ2) is 3.59. The average molecular weight is 166 g/mol. The van der Waals surface area contributed by atoms with Crippen LogP contribution >= 0.6 is 0 Å². The molecule has 1 heterocycles. The number of aliphatic hydroxyl groups is 1. The molecule has 1 aromatic rings. The van der Waals surface area contributed by atoms with Crippen LogP contribution in [0.15, 0.2) is 22.1 Å². The highest BCUT2D eigenvalue weighted by Gasteiger charge is 2.00. The molecule has 1 atom stereocenters. The fraction of sp³-hybridized carbons (Fsp3) is 0.400. The van der Waals surface area contributed by atoms with Crippen LogP contribution in [-0.2, 0) is 0 Å². The Balaban J connectivity index is 2.80. The fourth-order valence-corrected chi connectivity index (χ4v) is 0.876. The monoisotopic (exact) mass is 166 g/mol. The number of furan rings is 1. The van der Waals surface area contributed by atoms with Gasteiger partial charge in [-0.05, 0) is 44.6 Å². The van der Waals surface area contributed by atoms with Crippen LogP contribution in [0.1, 0.15) is 25.4 Å². The molecule has 0 aromatic carbocycles. The van der Waals surface area contributed by atoms with Crippen LogP contribution in [0, 0.1) is 6.92 Å². The fourth-order valence-electron chi connectivity index (χ4n) is 0.876. The van der Waals surface area contributed by atoms with Gasteiger partial charge < -0.3 is 9.52 Å². The Morgan fingerprint density at radius 1 is 1.58 bits per heavy atom. The molecule has 1 N–H and O–H groups in total. The van der Waals surface area contributed by atoms with Crippen molar-refractivity contribution in [1.82, 2.24) is 0 Å². The number of rotatable bonds is 2. The third-order valence-corrected chi connectivity index (χ3v) is 1.79. The molecule has 2 nitrogen and oxygen atoms in total. The summed E-state index contributed by atoms with van der Waals surface area (Å²) in [5.74, 6) is 1.69. The molecule has 0 aliphatic carbocycles. The summed E-state index contributed by atoms with van der Waals surface area (Å²) in [5, 5.41) is 9.18. The summed E-state index contributed by atoms with van der Waals surface area (Å²) in [5.41, 5.74) is 0.907. The zero-order valence-corrected chi connectivity index (χ0v) is 7.66. The normalized spacial score (nSPS) is 14.8. The molecule has 0 aliphatic heterocycles. The van der Waals surface area contributed by atoms with Crippen LogP contribution in [0.25, 0.3) is 6.08 Å².